The van der Waals surface area contributed by atoms with E-state index in [0.717, 1.165) is 44.4 Å². The Morgan fingerprint density at radius 2 is 2.47 bits per heavy atom. The van der Waals surface area contributed by atoms with Crippen molar-refractivity contribution in [3.63, 3.8) is 0 Å². The molecule has 2 fully saturated rings. The molecule has 0 radical (unpaired) electrons. The molecule has 1 N–H and O–H groups in total. The number of nitrogens with zero attached hydrogens (tertiary/aromatic N) is 2. The third-order valence-corrected chi connectivity index (χ3v) is 4.17. The summed E-state index contributed by atoms with van der Waals surface area (Å²) in [7, 11) is 1.84. The Morgan fingerprint density at radius 3 is 3.16 bits per heavy atom. The van der Waals surface area contributed by atoms with Gasteiger partial charge in [0.25, 0.3) is 0 Å². The fourth-order valence-electron chi connectivity index (χ4n) is 2.99. The first-order valence-corrected chi connectivity index (χ1v) is 6.86. The molecule has 0 aliphatic carbocycles. The maximum Gasteiger partial charge on any atom is 0.193 e. The molecule has 2 aliphatic rings. The number of hydrogen-bond acceptors (Lipinski definition) is 3. The third-order valence-electron chi connectivity index (χ3n) is 4.17. The van der Waals surface area contributed by atoms with Crippen LogP contribution in [0.15, 0.2) is 28.0 Å². The SMILES string of the molecule is CN=C(NCc1ccoc1)N1CCC2(CCOC2)C1. The molecule has 1 aromatic heterocycles. The van der Waals surface area contributed by atoms with Gasteiger partial charge in [0.1, 0.15) is 0 Å². The highest BCUT2D eigenvalue weighted by Crippen LogP contribution is 2.38. The van der Waals surface area contributed by atoms with E-state index in [4.69, 9.17) is 9.15 Å². The van der Waals surface area contributed by atoms with Crippen molar-refractivity contribution in [2.24, 2.45) is 10.4 Å². The van der Waals surface area contributed by atoms with E-state index in [2.05, 4.69) is 15.2 Å². The Bertz CT molecular complexity index is 436. The molecule has 0 bridgehead atoms. The molecule has 3 rings (SSSR count). The highest BCUT2D eigenvalue weighted by Gasteiger charge is 2.42. The van der Waals surface area contributed by atoms with Crippen molar-refractivity contribution in [2.75, 3.05) is 33.4 Å². The second-order valence-electron chi connectivity index (χ2n) is 5.51. The van der Waals surface area contributed by atoms with Crippen LogP contribution in [0.2, 0.25) is 0 Å². The zero-order valence-corrected chi connectivity index (χ0v) is 11.4. The van der Waals surface area contributed by atoms with Crippen molar-refractivity contribution in [2.45, 2.75) is 19.4 Å². The molecular weight excluding hydrogens is 242 g/mol. The fourth-order valence-corrected chi connectivity index (χ4v) is 2.99. The van der Waals surface area contributed by atoms with Gasteiger partial charge >= 0.3 is 0 Å². The van der Waals surface area contributed by atoms with Crippen LogP contribution in [0.25, 0.3) is 0 Å². The lowest BCUT2D eigenvalue weighted by molar-refractivity contribution is 0.156. The van der Waals surface area contributed by atoms with E-state index >= 15 is 0 Å². The van der Waals surface area contributed by atoms with Gasteiger partial charge in [0.05, 0.1) is 19.1 Å². The van der Waals surface area contributed by atoms with Gasteiger partial charge in [0, 0.05) is 44.3 Å². The summed E-state index contributed by atoms with van der Waals surface area (Å²) < 4.78 is 10.6. The van der Waals surface area contributed by atoms with E-state index in [1.54, 1.807) is 12.5 Å². The topological polar surface area (TPSA) is 50.0 Å². The molecule has 19 heavy (non-hydrogen) atoms. The second-order valence-corrected chi connectivity index (χ2v) is 5.51. The van der Waals surface area contributed by atoms with Crippen molar-refractivity contribution in [1.82, 2.24) is 10.2 Å². The summed E-state index contributed by atoms with van der Waals surface area (Å²) in [4.78, 5) is 6.73. The number of aliphatic imine (C=N–C) groups is 1. The lowest BCUT2D eigenvalue weighted by Crippen LogP contribution is -2.41. The smallest absolute Gasteiger partial charge is 0.193 e. The number of nitrogens with one attached hydrogen (secondary N) is 1. The second kappa shape index (κ2) is 5.25. The molecule has 0 aromatic carbocycles. The summed E-state index contributed by atoms with van der Waals surface area (Å²) in [6.07, 6.45) is 5.85. The highest BCUT2D eigenvalue weighted by molar-refractivity contribution is 5.80. The predicted octanol–water partition coefficient (Wildman–Crippen LogP) is 1.47. The van der Waals surface area contributed by atoms with Crippen LogP contribution in [-0.2, 0) is 11.3 Å². The first kappa shape index (κ1) is 12.5. The molecule has 0 amide bonds. The number of likely N-dealkylation sites (tertiary alicyclic amines) is 1. The largest absolute Gasteiger partial charge is 0.472 e. The number of rotatable bonds is 2. The Hall–Kier alpha value is -1.49. The molecule has 5 heteroatoms. The Labute approximate surface area is 113 Å². The molecular formula is C14H21N3O2. The van der Waals surface area contributed by atoms with E-state index in [0.29, 0.717) is 5.41 Å². The van der Waals surface area contributed by atoms with Crippen LogP contribution in [0.5, 0.6) is 0 Å². The van der Waals surface area contributed by atoms with Gasteiger partial charge in [0.2, 0.25) is 0 Å². The summed E-state index contributed by atoms with van der Waals surface area (Å²) >= 11 is 0. The van der Waals surface area contributed by atoms with Crippen LogP contribution in [0, 0.1) is 5.41 Å². The summed E-state index contributed by atoms with van der Waals surface area (Å²) in [5, 5.41) is 3.40. The number of ether oxygens (including phenoxy) is 1. The van der Waals surface area contributed by atoms with Gasteiger partial charge in [-0.2, -0.15) is 0 Å². The van der Waals surface area contributed by atoms with Crippen molar-refractivity contribution in [3.05, 3.63) is 24.2 Å². The van der Waals surface area contributed by atoms with Gasteiger partial charge in [-0.3, -0.25) is 4.99 Å². The quantitative estimate of drug-likeness (QED) is 0.648. The van der Waals surface area contributed by atoms with Crippen LogP contribution < -0.4 is 5.32 Å². The van der Waals surface area contributed by atoms with E-state index in [9.17, 15) is 0 Å². The van der Waals surface area contributed by atoms with E-state index in [-0.39, 0.29) is 0 Å². The zero-order valence-electron chi connectivity index (χ0n) is 11.4. The Kier molecular flexibility index (Phi) is 3.46. The summed E-state index contributed by atoms with van der Waals surface area (Å²) in [6.45, 7) is 4.69. The molecule has 2 aliphatic heterocycles. The summed E-state index contributed by atoms with van der Waals surface area (Å²) in [6, 6.07) is 1.97. The van der Waals surface area contributed by atoms with Gasteiger partial charge in [0.15, 0.2) is 5.96 Å². The average Bonchev–Trinajstić information content (AvgIpc) is 3.15. The van der Waals surface area contributed by atoms with E-state index < -0.39 is 0 Å². The maximum atomic E-state index is 5.56. The molecule has 3 heterocycles. The standard InChI is InChI=1S/C14H21N3O2/c1-15-13(16-8-12-2-6-18-9-12)17-5-3-14(10-17)4-7-19-11-14/h2,6,9H,3-5,7-8,10-11H2,1H3,(H,15,16). The summed E-state index contributed by atoms with van der Waals surface area (Å²) in [5.74, 6) is 0.977. The molecule has 1 atom stereocenters. The fraction of sp³-hybridized carbons (Fsp3) is 0.643. The zero-order chi connectivity index (χ0) is 13.1. The minimum absolute atomic E-state index is 0.368. The van der Waals surface area contributed by atoms with Gasteiger partial charge < -0.3 is 19.4 Å². The minimum atomic E-state index is 0.368. The molecule has 2 saturated heterocycles. The first-order valence-electron chi connectivity index (χ1n) is 6.86. The first-order chi connectivity index (χ1) is 9.31. The van der Waals surface area contributed by atoms with Crippen molar-refractivity contribution in [1.29, 1.82) is 0 Å². The van der Waals surface area contributed by atoms with Crippen LogP contribution in [0.1, 0.15) is 18.4 Å². The normalized spacial score (nSPS) is 27.4. The van der Waals surface area contributed by atoms with Crippen molar-refractivity contribution < 1.29 is 9.15 Å². The molecule has 1 spiro atoms. The number of furan rings is 1. The van der Waals surface area contributed by atoms with Gasteiger partial charge in [-0.25, -0.2) is 0 Å². The number of guanidine groups is 1. The molecule has 1 aromatic rings. The average molecular weight is 263 g/mol. The molecule has 0 saturated carbocycles. The van der Waals surface area contributed by atoms with Crippen LogP contribution in [-0.4, -0.2) is 44.2 Å². The molecule has 1 unspecified atom stereocenters. The highest BCUT2D eigenvalue weighted by atomic mass is 16.5. The summed E-state index contributed by atoms with van der Waals surface area (Å²) in [5.41, 5.74) is 1.51. The molecule has 104 valence electrons. The van der Waals surface area contributed by atoms with Gasteiger partial charge in [-0.1, -0.05) is 0 Å². The molecule has 5 nitrogen and oxygen atoms in total. The third kappa shape index (κ3) is 2.61. The Balaban J connectivity index is 1.58. The maximum absolute atomic E-state index is 5.56. The van der Waals surface area contributed by atoms with Crippen molar-refractivity contribution >= 4 is 5.96 Å². The van der Waals surface area contributed by atoms with Crippen LogP contribution >= 0.6 is 0 Å². The lowest BCUT2D eigenvalue weighted by Gasteiger charge is -2.24. The Morgan fingerprint density at radius 1 is 1.53 bits per heavy atom. The van der Waals surface area contributed by atoms with E-state index in [1.807, 2.05) is 13.1 Å². The van der Waals surface area contributed by atoms with E-state index in [1.165, 1.54) is 12.8 Å². The minimum Gasteiger partial charge on any atom is -0.472 e. The lowest BCUT2D eigenvalue weighted by atomic mass is 9.87. The van der Waals surface area contributed by atoms with Crippen LogP contribution in [0.3, 0.4) is 0 Å². The van der Waals surface area contributed by atoms with Gasteiger partial charge in [-0.15, -0.1) is 0 Å². The number of hydrogen-bond donors (Lipinski definition) is 1. The van der Waals surface area contributed by atoms with Gasteiger partial charge in [-0.05, 0) is 18.9 Å². The predicted molar refractivity (Wildman–Crippen MR) is 73.0 cm³/mol. The van der Waals surface area contributed by atoms with Crippen molar-refractivity contribution in [3.8, 4) is 0 Å². The monoisotopic (exact) mass is 263 g/mol. The van der Waals surface area contributed by atoms with Crippen LogP contribution in [0.4, 0.5) is 0 Å².